The lowest BCUT2D eigenvalue weighted by atomic mass is 9.98. The van der Waals surface area contributed by atoms with E-state index in [9.17, 15) is 24.3 Å². The van der Waals surface area contributed by atoms with Gasteiger partial charge in [-0.2, -0.15) is 0 Å². The molecule has 1 aromatic carbocycles. The molecule has 1 aromatic rings. The van der Waals surface area contributed by atoms with Crippen LogP contribution >= 0.6 is 0 Å². The molecule has 1 fully saturated rings. The summed E-state index contributed by atoms with van der Waals surface area (Å²) in [6.07, 6.45) is 4.57. The molecule has 10 heteroatoms. The normalized spacial score (nSPS) is 16.8. The van der Waals surface area contributed by atoms with Gasteiger partial charge < -0.3 is 24.1 Å². The fourth-order valence-electron chi connectivity index (χ4n) is 4.55. The minimum absolute atomic E-state index is 0.0121. The molecule has 1 saturated carbocycles. The van der Waals surface area contributed by atoms with Gasteiger partial charge in [-0.1, -0.05) is 53.0 Å². The number of carboxylic acids is 1. The van der Waals surface area contributed by atoms with Gasteiger partial charge >= 0.3 is 24.1 Å². The van der Waals surface area contributed by atoms with Gasteiger partial charge in [-0.3, -0.25) is 14.9 Å². The van der Waals surface area contributed by atoms with Crippen LogP contribution in [-0.4, -0.2) is 47.0 Å². The molecule has 0 amide bonds. The summed E-state index contributed by atoms with van der Waals surface area (Å²) >= 11 is 0. The van der Waals surface area contributed by atoms with Gasteiger partial charge in [0, 0.05) is 25.3 Å². The van der Waals surface area contributed by atoms with Crippen LogP contribution in [0.2, 0.25) is 0 Å². The highest BCUT2D eigenvalue weighted by Gasteiger charge is 2.45. The maximum atomic E-state index is 12.8. The predicted molar refractivity (Wildman–Crippen MR) is 153 cm³/mol. The minimum atomic E-state index is -2.16. The van der Waals surface area contributed by atoms with Crippen molar-refractivity contribution >= 4 is 24.1 Å². The van der Waals surface area contributed by atoms with Crippen LogP contribution in [0.15, 0.2) is 18.2 Å². The first-order valence-electron chi connectivity index (χ1n) is 14.8. The summed E-state index contributed by atoms with van der Waals surface area (Å²) in [4.78, 5) is 50.6. The number of esters is 2. The van der Waals surface area contributed by atoms with E-state index in [4.69, 9.17) is 18.9 Å². The van der Waals surface area contributed by atoms with Gasteiger partial charge in [0.2, 0.25) is 0 Å². The summed E-state index contributed by atoms with van der Waals surface area (Å²) in [7, 11) is 0. The number of hydrogen-bond acceptors (Lipinski definition) is 9. The monoisotopic (exact) mass is 577 g/mol. The van der Waals surface area contributed by atoms with Gasteiger partial charge in [0.25, 0.3) is 5.72 Å². The first kappa shape index (κ1) is 34.1. The van der Waals surface area contributed by atoms with Gasteiger partial charge in [-0.05, 0) is 69.1 Å². The Hall–Kier alpha value is -3.14. The largest absolute Gasteiger partial charge is 0.510 e. The van der Waals surface area contributed by atoms with Crippen molar-refractivity contribution < 1.29 is 43.2 Å². The molecule has 0 saturated heterocycles. The lowest BCUT2D eigenvalue weighted by molar-refractivity contribution is -0.168. The Kier molecular flexibility index (Phi) is 13.6. The standard InChI is InChI=1S/C31H47NO9/c1-7-21(5)16-27(33)39-25-15-14-23(18-26(25)40-28(34)17-22(6)8-2)19-31(29(35)36,32-20(3)4)41-30(37)38-24-12-10-9-11-13-24/h14-15,18,20-22,24,32H,7-13,16-17,19H2,1-6H3,(H,35,36)/t21?,22?,31-/m0/s1. The highest BCUT2D eigenvalue weighted by molar-refractivity contribution is 5.81. The molecule has 41 heavy (non-hydrogen) atoms. The number of hydrogen-bond donors (Lipinski definition) is 2. The minimum Gasteiger partial charge on any atom is -0.477 e. The van der Waals surface area contributed by atoms with Crippen molar-refractivity contribution in [2.45, 2.75) is 124 Å². The van der Waals surface area contributed by atoms with Crippen LogP contribution in [0.1, 0.15) is 105 Å². The molecule has 0 bridgehead atoms. The quantitative estimate of drug-likeness (QED) is 0.141. The summed E-state index contributed by atoms with van der Waals surface area (Å²) < 4.78 is 22.1. The zero-order chi connectivity index (χ0) is 30.6. The average molecular weight is 578 g/mol. The molecule has 0 aromatic heterocycles. The predicted octanol–water partition coefficient (Wildman–Crippen LogP) is 6.18. The van der Waals surface area contributed by atoms with E-state index in [0.717, 1.165) is 32.1 Å². The topological polar surface area (TPSA) is 137 Å². The van der Waals surface area contributed by atoms with Crippen molar-refractivity contribution in [2.24, 2.45) is 11.8 Å². The maximum absolute atomic E-state index is 12.8. The summed E-state index contributed by atoms with van der Waals surface area (Å²) in [5.74, 6) is -2.15. The number of carbonyl (C=O) groups excluding carboxylic acids is 3. The lowest BCUT2D eigenvalue weighted by Crippen LogP contribution is -2.59. The molecular formula is C31H47NO9. The number of nitrogens with one attached hydrogen (secondary N) is 1. The first-order valence-corrected chi connectivity index (χ1v) is 14.8. The second-order valence-corrected chi connectivity index (χ2v) is 11.5. The number of carboxylic acid groups (broad SMARTS) is 1. The SMILES string of the molecule is CCC(C)CC(=O)Oc1ccc(C[C@](NC(C)C)(OC(=O)OC2CCCCC2)C(=O)O)cc1OC(=O)CC(C)CC. The third-order valence-corrected chi connectivity index (χ3v) is 7.27. The smallest absolute Gasteiger partial charge is 0.477 e. The molecular weight excluding hydrogens is 530 g/mol. The molecule has 2 unspecified atom stereocenters. The van der Waals surface area contributed by atoms with Crippen molar-refractivity contribution in [1.29, 1.82) is 0 Å². The van der Waals surface area contributed by atoms with Crippen molar-refractivity contribution in [3.8, 4) is 11.5 Å². The molecule has 10 nitrogen and oxygen atoms in total. The Morgan fingerprint density at radius 2 is 1.46 bits per heavy atom. The van der Waals surface area contributed by atoms with Crippen LogP contribution in [0.5, 0.6) is 11.5 Å². The van der Waals surface area contributed by atoms with Crippen LogP contribution in [0, 0.1) is 11.8 Å². The zero-order valence-electron chi connectivity index (χ0n) is 25.3. The maximum Gasteiger partial charge on any atom is 0.510 e. The van der Waals surface area contributed by atoms with E-state index in [1.165, 1.54) is 12.1 Å². The van der Waals surface area contributed by atoms with Gasteiger partial charge in [0.15, 0.2) is 11.5 Å². The Balaban J connectivity index is 2.38. The van der Waals surface area contributed by atoms with Crippen LogP contribution < -0.4 is 14.8 Å². The number of aliphatic carboxylic acids is 1. The summed E-state index contributed by atoms with van der Waals surface area (Å²) in [5.41, 5.74) is -1.79. The highest BCUT2D eigenvalue weighted by atomic mass is 16.7. The molecule has 0 aliphatic heterocycles. The van der Waals surface area contributed by atoms with E-state index in [1.807, 2.05) is 27.7 Å². The molecule has 1 aliphatic carbocycles. The molecule has 0 radical (unpaired) electrons. The van der Waals surface area contributed by atoms with Crippen LogP contribution in [-0.2, 0) is 30.3 Å². The molecule has 0 heterocycles. The Bertz CT molecular complexity index is 1030. The van der Waals surface area contributed by atoms with E-state index in [2.05, 4.69) is 5.32 Å². The van der Waals surface area contributed by atoms with E-state index < -0.39 is 29.8 Å². The van der Waals surface area contributed by atoms with E-state index >= 15 is 0 Å². The fraction of sp³-hybridized carbons (Fsp3) is 0.677. The first-order chi connectivity index (χ1) is 19.4. The molecule has 3 atom stereocenters. The summed E-state index contributed by atoms with van der Waals surface area (Å²) in [5, 5.41) is 13.1. The Morgan fingerprint density at radius 1 is 0.902 bits per heavy atom. The van der Waals surface area contributed by atoms with Crippen molar-refractivity contribution in [3.05, 3.63) is 23.8 Å². The second-order valence-electron chi connectivity index (χ2n) is 11.5. The third-order valence-electron chi connectivity index (χ3n) is 7.27. The Labute approximate surface area is 243 Å². The number of ether oxygens (including phenoxy) is 4. The molecule has 1 aliphatic rings. The van der Waals surface area contributed by atoms with Crippen LogP contribution in [0.3, 0.4) is 0 Å². The van der Waals surface area contributed by atoms with Crippen molar-refractivity contribution in [1.82, 2.24) is 5.32 Å². The van der Waals surface area contributed by atoms with Crippen molar-refractivity contribution in [3.63, 3.8) is 0 Å². The summed E-state index contributed by atoms with van der Waals surface area (Å²) in [6, 6.07) is 4.07. The molecule has 230 valence electrons. The fourth-order valence-corrected chi connectivity index (χ4v) is 4.55. The van der Waals surface area contributed by atoms with Crippen LogP contribution in [0.4, 0.5) is 4.79 Å². The molecule has 2 rings (SSSR count). The van der Waals surface area contributed by atoms with Gasteiger partial charge in [0.1, 0.15) is 6.10 Å². The number of benzene rings is 1. The van der Waals surface area contributed by atoms with Crippen LogP contribution in [0.25, 0.3) is 0 Å². The average Bonchev–Trinajstić information content (AvgIpc) is 2.89. The van der Waals surface area contributed by atoms with E-state index in [1.54, 1.807) is 19.9 Å². The van der Waals surface area contributed by atoms with Gasteiger partial charge in [0.05, 0.1) is 0 Å². The Morgan fingerprint density at radius 3 is 1.98 bits per heavy atom. The van der Waals surface area contributed by atoms with E-state index in [-0.39, 0.29) is 54.7 Å². The second kappa shape index (κ2) is 16.3. The zero-order valence-corrected chi connectivity index (χ0v) is 25.3. The van der Waals surface area contributed by atoms with Gasteiger partial charge in [-0.15, -0.1) is 0 Å². The van der Waals surface area contributed by atoms with Crippen molar-refractivity contribution in [2.75, 3.05) is 0 Å². The third kappa shape index (κ3) is 11.3. The van der Waals surface area contributed by atoms with E-state index in [0.29, 0.717) is 18.4 Å². The molecule has 2 N–H and O–H groups in total. The summed E-state index contributed by atoms with van der Waals surface area (Å²) in [6.45, 7) is 11.3. The van der Waals surface area contributed by atoms with Gasteiger partial charge in [-0.25, -0.2) is 9.59 Å². The molecule has 0 spiro atoms. The highest BCUT2D eigenvalue weighted by Crippen LogP contribution is 2.32. The number of carbonyl (C=O) groups is 4. The number of rotatable bonds is 15. The lowest BCUT2D eigenvalue weighted by Gasteiger charge is -2.33.